The van der Waals surface area contributed by atoms with Gasteiger partial charge in [-0.05, 0) is 56.4 Å². The summed E-state index contributed by atoms with van der Waals surface area (Å²) in [7, 11) is 1.37. The maximum atomic E-state index is 11.9. The number of rotatable bonds is 7. The van der Waals surface area contributed by atoms with Crippen molar-refractivity contribution in [2.75, 3.05) is 19.4 Å². The Morgan fingerprint density at radius 3 is 2.27 bits per heavy atom. The first-order chi connectivity index (χ1) is 10.4. The summed E-state index contributed by atoms with van der Waals surface area (Å²) in [5.74, 6) is 0.140. The fourth-order valence-electron chi connectivity index (χ4n) is 2.15. The van der Waals surface area contributed by atoms with Gasteiger partial charge in [-0.25, -0.2) is 0 Å². The third-order valence-corrected chi connectivity index (χ3v) is 5.06. The van der Waals surface area contributed by atoms with Crippen LogP contribution in [0.25, 0.3) is 0 Å². The summed E-state index contributed by atoms with van der Waals surface area (Å²) in [6, 6.07) is 2.18. The molecule has 0 unspecified atom stereocenters. The van der Waals surface area contributed by atoms with E-state index in [-0.39, 0.29) is 11.9 Å². The maximum absolute atomic E-state index is 11.9. The van der Waals surface area contributed by atoms with Crippen LogP contribution in [0, 0.1) is 27.7 Å². The van der Waals surface area contributed by atoms with Crippen LogP contribution in [-0.2, 0) is 14.3 Å². The summed E-state index contributed by atoms with van der Waals surface area (Å²) in [5.41, 5.74) is 4.99. The molecule has 22 heavy (non-hydrogen) atoms. The van der Waals surface area contributed by atoms with Gasteiger partial charge in [-0.1, -0.05) is 6.07 Å². The van der Waals surface area contributed by atoms with Crippen LogP contribution in [0.5, 0.6) is 0 Å². The van der Waals surface area contributed by atoms with E-state index in [4.69, 9.17) is 0 Å². The smallest absolute Gasteiger partial charge is 0.305 e. The molecule has 0 heterocycles. The highest BCUT2D eigenvalue weighted by Crippen LogP contribution is 2.30. The van der Waals surface area contributed by atoms with Crippen molar-refractivity contribution in [3.8, 4) is 0 Å². The first-order valence-corrected chi connectivity index (χ1v) is 8.39. The largest absolute Gasteiger partial charge is 0.469 e. The van der Waals surface area contributed by atoms with Crippen LogP contribution >= 0.6 is 11.8 Å². The molecule has 0 aromatic heterocycles. The molecule has 1 N–H and O–H groups in total. The predicted molar refractivity (Wildman–Crippen MR) is 90.4 cm³/mol. The van der Waals surface area contributed by atoms with Gasteiger partial charge in [0, 0.05) is 17.9 Å². The molecule has 0 spiro atoms. The van der Waals surface area contributed by atoms with Crippen molar-refractivity contribution < 1.29 is 14.3 Å². The standard InChI is InChI=1S/C17H25NO3S/c1-11-9-12(2)14(4)17(13(11)3)22-10-15(19)18-8-6-7-16(20)21-5/h9H,6-8,10H2,1-5H3,(H,18,19). The van der Waals surface area contributed by atoms with Gasteiger partial charge < -0.3 is 10.1 Å². The van der Waals surface area contributed by atoms with E-state index in [9.17, 15) is 9.59 Å². The van der Waals surface area contributed by atoms with Gasteiger partial charge in [0.1, 0.15) is 0 Å². The number of carbonyl (C=O) groups excluding carboxylic acids is 2. The first kappa shape index (κ1) is 18.6. The van der Waals surface area contributed by atoms with Crippen molar-refractivity contribution in [1.29, 1.82) is 0 Å². The molecule has 0 fully saturated rings. The molecule has 1 rings (SSSR count). The normalized spacial score (nSPS) is 10.4. The second-order valence-electron chi connectivity index (χ2n) is 5.41. The second kappa shape index (κ2) is 8.83. The molecule has 1 aromatic rings. The van der Waals surface area contributed by atoms with Crippen molar-refractivity contribution in [1.82, 2.24) is 5.32 Å². The van der Waals surface area contributed by atoms with Gasteiger partial charge in [-0.2, -0.15) is 0 Å². The van der Waals surface area contributed by atoms with E-state index < -0.39 is 0 Å². The number of hydrogen-bond acceptors (Lipinski definition) is 4. The first-order valence-electron chi connectivity index (χ1n) is 7.40. The van der Waals surface area contributed by atoms with E-state index in [1.165, 1.54) is 34.3 Å². The summed E-state index contributed by atoms with van der Waals surface area (Å²) in [4.78, 5) is 24.0. The Morgan fingerprint density at radius 2 is 1.73 bits per heavy atom. The fourth-order valence-corrected chi connectivity index (χ4v) is 3.28. The lowest BCUT2D eigenvalue weighted by molar-refractivity contribution is -0.140. The van der Waals surface area contributed by atoms with Crippen molar-refractivity contribution in [3.63, 3.8) is 0 Å². The number of hydrogen-bond donors (Lipinski definition) is 1. The number of methoxy groups -OCH3 is 1. The number of aryl methyl sites for hydroxylation is 2. The molecule has 0 bridgehead atoms. The molecule has 0 aliphatic carbocycles. The summed E-state index contributed by atoms with van der Waals surface area (Å²) in [6.45, 7) is 8.88. The summed E-state index contributed by atoms with van der Waals surface area (Å²) >= 11 is 1.58. The Kier molecular flexibility index (Phi) is 7.45. The van der Waals surface area contributed by atoms with Crippen molar-refractivity contribution in [2.45, 2.75) is 45.4 Å². The number of ether oxygens (including phenoxy) is 1. The molecule has 0 aliphatic rings. The average Bonchev–Trinajstić information content (AvgIpc) is 2.49. The highest BCUT2D eigenvalue weighted by molar-refractivity contribution is 8.00. The monoisotopic (exact) mass is 323 g/mol. The van der Waals surface area contributed by atoms with Crippen molar-refractivity contribution >= 4 is 23.6 Å². The number of esters is 1. The Labute approximate surface area is 137 Å². The third-order valence-electron chi connectivity index (χ3n) is 3.75. The zero-order valence-corrected chi connectivity index (χ0v) is 14.9. The van der Waals surface area contributed by atoms with Crippen LogP contribution in [-0.4, -0.2) is 31.3 Å². The molecule has 4 nitrogen and oxygen atoms in total. The Bertz CT molecular complexity index is 529. The zero-order chi connectivity index (χ0) is 16.7. The lowest BCUT2D eigenvalue weighted by Gasteiger charge is -2.14. The minimum absolute atomic E-state index is 0.00664. The highest BCUT2D eigenvalue weighted by atomic mass is 32.2. The van der Waals surface area contributed by atoms with Gasteiger partial charge in [0.05, 0.1) is 12.9 Å². The van der Waals surface area contributed by atoms with Gasteiger partial charge in [0.2, 0.25) is 5.91 Å². The Morgan fingerprint density at radius 1 is 1.14 bits per heavy atom. The molecule has 122 valence electrons. The van der Waals surface area contributed by atoms with E-state index in [1.54, 1.807) is 11.8 Å². The molecule has 0 radical (unpaired) electrons. The molecule has 1 aromatic carbocycles. The minimum atomic E-state index is -0.245. The average molecular weight is 323 g/mol. The molecular formula is C17H25NO3S. The molecule has 0 saturated carbocycles. The second-order valence-corrected chi connectivity index (χ2v) is 6.39. The number of carbonyl (C=O) groups is 2. The van der Waals surface area contributed by atoms with Crippen LogP contribution in [0.1, 0.15) is 35.1 Å². The van der Waals surface area contributed by atoms with Crippen LogP contribution in [0.3, 0.4) is 0 Å². The number of thioether (sulfide) groups is 1. The van der Waals surface area contributed by atoms with Gasteiger partial charge in [0.25, 0.3) is 0 Å². The van der Waals surface area contributed by atoms with Crippen LogP contribution < -0.4 is 5.32 Å². The Hall–Kier alpha value is -1.49. The molecule has 1 amide bonds. The number of benzene rings is 1. The van der Waals surface area contributed by atoms with Gasteiger partial charge in [0.15, 0.2) is 0 Å². The predicted octanol–water partition coefficient (Wildman–Crippen LogP) is 3.08. The van der Waals surface area contributed by atoms with Gasteiger partial charge in [-0.3, -0.25) is 9.59 Å². The molecular weight excluding hydrogens is 298 g/mol. The number of nitrogens with one attached hydrogen (secondary N) is 1. The van der Waals surface area contributed by atoms with E-state index in [0.717, 1.165) is 0 Å². The van der Waals surface area contributed by atoms with Crippen LogP contribution in [0.4, 0.5) is 0 Å². The lowest BCUT2D eigenvalue weighted by atomic mass is 10.0. The van der Waals surface area contributed by atoms with Crippen molar-refractivity contribution in [3.05, 3.63) is 28.3 Å². The summed E-state index contributed by atoms with van der Waals surface area (Å²) in [6.07, 6.45) is 0.934. The molecule has 5 heteroatoms. The summed E-state index contributed by atoms with van der Waals surface area (Å²) in [5, 5.41) is 2.83. The Balaban J connectivity index is 2.47. The minimum Gasteiger partial charge on any atom is -0.469 e. The van der Waals surface area contributed by atoms with Gasteiger partial charge >= 0.3 is 5.97 Å². The van der Waals surface area contributed by atoms with E-state index in [2.05, 4.69) is 43.8 Å². The lowest BCUT2D eigenvalue weighted by Crippen LogP contribution is -2.26. The SMILES string of the molecule is COC(=O)CCCNC(=O)CSc1c(C)c(C)cc(C)c1C. The van der Waals surface area contributed by atoms with E-state index >= 15 is 0 Å². The summed E-state index contributed by atoms with van der Waals surface area (Å²) < 4.78 is 4.56. The topological polar surface area (TPSA) is 55.4 Å². The molecule has 0 atom stereocenters. The van der Waals surface area contributed by atoms with E-state index in [1.807, 2.05) is 0 Å². The third kappa shape index (κ3) is 5.37. The van der Waals surface area contributed by atoms with Crippen LogP contribution in [0.2, 0.25) is 0 Å². The van der Waals surface area contributed by atoms with E-state index in [0.29, 0.717) is 25.1 Å². The zero-order valence-electron chi connectivity index (χ0n) is 14.0. The highest BCUT2D eigenvalue weighted by Gasteiger charge is 2.11. The molecule has 0 saturated heterocycles. The van der Waals surface area contributed by atoms with Crippen LogP contribution in [0.15, 0.2) is 11.0 Å². The molecule has 0 aliphatic heterocycles. The number of amides is 1. The van der Waals surface area contributed by atoms with Crippen molar-refractivity contribution in [2.24, 2.45) is 0 Å². The quantitative estimate of drug-likeness (QED) is 0.476. The fraction of sp³-hybridized carbons (Fsp3) is 0.529. The maximum Gasteiger partial charge on any atom is 0.305 e. The van der Waals surface area contributed by atoms with Gasteiger partial charge in [-0.15, -0.1) is 11.8 Å².